The van der Waals surface area contributed by atoms with Crippen molar-refractivity contribution in [2.24, 2.45) is 5.92 Å². The Bertz CT molecular complexity index is 1000. The van der Waals surface area contributed by atoms with Crippen molar-refractivity contribution in [3.63, 3.8) is 0 Å². The Balaban J connectivity index is 1.60. The molecule has 1 fully saturated rings. The zero-order valence-corrected chi connectivity index (χ0v) is 16.1. The van der Waals surface area contributed by atoms with E-state index < -0.39 is 29.3 Å². The van der Waals surface area contributed by atoms with Gasteiger partial charge >= 0.3 is 5.97 Å². The first-order chi connectivity index (χ1) is 14.3. The van der Waals surface area contributed by atoms with Crippen molar-refractivity contribution >= 4 is 35.0 Å². The minimum absolute atomic E-state index is 0.00403. The lowest BCUT2D eigenvalue weighted by Crippen LogP contribution is -2.28. The van der Waals surface area contributed by atoms with Crippen LogP contribution in [0, 0.1) is 23.0 Å². The SMILES string of the molecule is COc1cc([N+](=O)[O-])ccc1N1C[C@H](C(=O)OCC(=O)Nc2cc(C)on2)CC1=O. The molecule has 0 bridgehead atoms. The van der Waals surface area contributed by atoms with Crippen molar-refractivity contribution in [2.45, 2.75) is 13.3 Å². The summed E-state index contributed by atoms with van der Waals surface area (Å²) in [5.41, 5.74) is 0.120. The molecule has 158 valence electrons. The number of ether oxygens (including phenoxy) is 2. The maximum absolute atomic E-state index is 12.4. The number of non-ortho nitro benzene ring substituents is 1. The Morgan fingerprint density at radius 2 is 2.17 bits per heavy atom. The summed E-state index contributed by atoms with van der Waals surface area (Å²) in [7, 11) is 1.32. The van der Waals surface area contributed by atoms with Gasteiger partial charge in [0.15, 0.2) is 12.4 Å². The monoisotopic (exact) mass is 418 g/mol. The molecule has 1 aliphatic heterocycles. The minimum Gasteiger partial charge on any atom is -0.494 e. The van der Waals surface area contributed by atoms with Gasteiger partial charge in [-0.1, -0.05) is 5.16 Å². The van der Waals surface area contributed by atoms with E-state index in [4.69, 9.17) is 14.0 Å². The highest BCUT2D eigenvalue weighted by atomic mass is 16.6. The number of benzene rings is 1. The Kier molecular flexibility index (Phi) is 5.95. The number of aromatic nitrogens is 1. The Labute approximate surface area is 169 Å². The number of methoxy groups -OCH3 is 1. The normalized spacial score (nSPS) is 15.7. The highest BCUT2D eigenvalue weighted by molar-refractivity contribution is 6.01. The summed E-state index contributed by atoms with van der Waals surface area (Å²) in [5.74, 6) is -1.64. The smallest absolute Gasteiger partial charge is 0.311 e. The molecular formula is C18H18N4O8. The fourth-order valence-corrected chi connectivity index (χ4v) is 2.96. The van der Waals surface area contributed by atoms with Gasteiger partial charge in [-0.2, -0.15) is 0 Å². The van der Waals surface area contributed by atoms with Gasteiger partial charge in [0.05, 0.1) is 29.7 Å². The third-order valence-electron chi connectivity index (χ3n) is 4.36. The van der Waals surface area contributed by atoms with Crippen molar-refractivity contribution in [1.82, 2.24) is 5.16 Å². The molecule has 12 nitrogen and oxygen atoms in total. The average Bonchev–Trinajstić information content (AvgIpc) is 3.30. The quantitative estimate of drug-likeness (QED) is 0.399. The van der Waals surface area contributed by atoms with Gasteiger partial charge in [-0.25, -0.2) is 0 Å². The van der Waals surface area contributed by atoms with Gasteiger partial charge in [-0.15, -0.1) is 0 Å². The number of carbonyl (C=O) groups excluding carboxylic acids is 3. The molecule has 1 atom stereocenters. The highest BCUT2D eigenvalue weighted by Gasteiger charge is 2.37. The zero-order chi connectivity index (χ0) is 21.8. The fraction of sp³-hybridized carbons (Fsp3) is 0.333. The number of amides is 2. The number of nitro benzene ring substituents is 1. The van der Waals surface area contributed by atoms with E-state index in [-0.39, 0.29) is 36.1 Å². The molecule has 0 aliphatic carbocycles. The average molecular weight is 418 g/mol. The first-order valence-corrected chi connectivity index (χ1v) is 8.81. The lowest BCUT2D eigenvalue weighted by atomic mass is 10.1. The summed E-state index contributed by atoms with van der Waals surface area (Å²) in [4.78, 5) is 48.2. The van der Waals surface area contributed by atoms with Crippen LogP contribution in [0.4, 0.5) is 17.2 Å². The molecule has 1 aromatic carbocycles. The van der Waals surface area contributed by atoms with Crippen LogP contribution in [-0.4, -0.2) is 48.1 Å². The number of hydrogen-bond acceptors (Lipinski definition) is 9. The second kappa shape index (κ2) is 8.59. The molecule has 12 heteroatoms. The van der Waals surface area contributed by atoms with Gasteiger partial charge in [0, 0.05) is 25.1 Å². The van der Waals surface area contributed by atoms with E-state index in [2.05, 4.69) is 10.5 Å². The summed E-state index contributed by atoms with van der Waals surface area (Å²) in [6.45, 7) is 1.11. The van der Waals surface area contributed by atoms with E-state index in [9.17, 15) is 24.5 Å². The van der Waals surface area contributed by atoms with Crippen LogP contribution in [0.3, 0.4) is 0 Å². The van der Waals surface area contributed by atoms with Crippen molar-refractivity contribution in [3.05, 3.63) is 40.1 Å². The number of hydrogen-bond donors (Lipinski definition) is 1. The van der Waals surface area contributed by atoms with Gasteiger partial charge in [0.1, 0.15) is 11.5 Å². The van der Waals surface area contributed by atoms with E-state index in [1.165, 1.54) is 36.3 Å². The lowest BCUT2D eigenvalue weighted by Gasteiger charge is -2.19. The van der Waals surface area contributed by atoms with E-state index in [1.54, 1.807) is 6.92 Å². The largest absolute Gasteiger partial charge is 0.494 e. The standard InChI is InChI=1S/C18H18N4O8/c1-10-5-15(20-30-10)19-16(23)9-29-18(25)11-6-17(24)21(8-11)13-4-3-12(22(26)27)7-14(13)28-2/h3-5,7,11H,6,8-9H2,1-2H3,(H,19,20,23)/t11-/m1/s1. The van der Waals surface area contributed by atoms with Gasteiger partial charge in [-0.3, -0.25) is 24.5 Å². The molecule has 0 saturated carbocycles. The predicted octanol–water partition coefficient (Wildman–Crippen LogP) is 1.43. The molecular weight excluding hydrogens is 400 g/mol. The molecule has 1 aliphatic rings. The Morgan fingerprint density at radius 1 is 1.40 bits per heavy atom. The molecule has 3 rings (SSSR count). The van der Waals surface area contributed by atoms with Crippen molar-refractivity contribution < 1.29 is 33.3 Å². The summed E-state index contributed by atoms with van der Waals surface area (Å²) in [6, 6.07) is 5.33. The predicted molar refractivity (Wildman–Crippen MR) is 101 cm³/mol. The number of carbonyl (C=O) groups is 3. The molecule has 2 amide bonds. The number of esters is 1. The maximum atomic E-state index is 12.4. The van der Waals surface area contributed by atoms with Crippen molar-refractivity contribution in [1.29, 1.82) is 0 Å². The number of nitrogens with one attached hydrogen (secondary N) is 1. The van der Waals surface area contributed by atoms with Crippen LogP contribution in [0.15, 0.2) is 28.8 Å². The second-order valence-corrected chi connectivity index (χ2v) is 6.50. The van der Waals surface area contributed by atoms with E-state index in [1.807, 2.05) is 0 Å². The number of rotatable bonds is 7. The van der Waals surface area contributed by atoms with Crippen molar-refractivity contribution in [2.75, 3.05) is 30.5 Å². The van der Waals surface area contributed by atoms with E-state index in [0.29, 0.717) is 11.4 Å². The second-order valence-electron chi connectivity index (χ2n) is 6.50. The van der Waals surface area contributed by atoms with Crippen LogP contribution in [-0.2, 0) is 19.1 Å². The zero-order valence-electron chi connectivity index (χ0n) is 16.1. The summed E-state index contributed by atoms with van der Waals surface area (Å²) < 4.78 is 15.0. The first-order valence-electron chi connectivity index (χ1n) is 8.81. The highest BCUT2D eigenvalue weighted by Crippen LogP contribution is 2.35. The first kappa shape index (κ1) is 20.8. The van der Waals surface area contributed by atoms with Crippen LogP contribution >= 0.6 is 0 Å². The molecule has 2 heterocycles. The van der Waals surface area contributed by atoms with Crippen LogP contribution in [0.25, 0.3) is 0 Å². The molecule has 1 aromatic heterocycles. The number of nitrogens with zero attached hydrogens (tertiary/aromatic N) is 3. The molecule has 0 radical (unpaired) electrons. The summed E-state index contributed by atoms with van der Waals surface area (Å²) in [5, 5.41) is 16.9. The molecule has 1 saturated heterocycles. The fourth-order valence-electron chi connectivity index (χ4n) is 2.96. The van der Waals surface area contributed by atoms with Crippen LogP contribution in [0.1, 0.15) is 12.2 Å². The van der Waals surface area contributed by atoms with Gasteiger partial charge < -0.3 is 24.2 Å². The number of anilines is 2. The number of aryl methyl sites for hydroxylation is 1. The van der Waals surface area contributed by atoms with E-state index in [0.717, 1.165) is 0 Å². The Morgan fingerprint density at radius 3 is 2.80 bits per heavy atom. The maximum Gasteiger partial charge on any atom is 0.311 e. The van der Waals surface area contributed by atoms with E-state index >= 15 is 0 Å². The molecule has 2 aromatic rings. The molecule has 30 heavy (non-hydrogen) atoms. The van der Waals surface area contributed by atoms with Crippen LogP contribution in [0.5, 0.6) is 5.75 Å². The third kappa shape index (κ3) is 4.54. The third-order valence-corrected chi connectivity index (χ3v) is 4.36. The minimum atomic E-state index is -0.792. The van der Waals surface area contributed by atoms with Gasteiger partial charge in [0.25, 0.3) is 11.6 Å². The Hall–Kier alpha value is -3.96. The summed E-state index contributed by atoms with van der Waals surface area (Å²) in [6.07, 6.45) is -0.122. The summed E-state index contributed by atoms with van der Waals surface area (Å²) >= 11 is 0. The molecule has 0 unspecified atom stereocenters. The van der Waals surface area contributed by atoms with Gasteiger partial charge in [0.2, 0.25) is 5.91 Å². The molecule has 0 spiro atoms. The molecule has 1 N–H and O–H groups in total. The number of nitro groups is 1. The van der Waals surface area contributed by atoms with Crippen molar-refractivity contribution in [3.8, 4) is 5.75 Å². The van der Waals surface area contributed by atoms with Crippen LogP contribution < -0.4 is 15.0 Å². The van der Waals surface area contributed by atoms with Gasteiger partial charge in [-0.05, 0) is 13.0 Å². The lowest BCUT2D eigenvalue weighted by molar-refractivity contribution is -0.384. The topological polar surface area (TPSA) is 154 Å². The van der Waals surface area contributed by atoms with Crippen LogP contribution in [0.2, 0.25) is 0 Å².